The Labute approximate surface area is 212 Å². The summed E-state index contributed by atoms with van der Waals surface area (Å²) in [6, 6.07) is 21.0. The zero-order valence-corrected chi connectivity index (χ0v) is 21.1. The van der Waals surface area contributed by atoms with Crippen LogP contribution in [0.15, 0.2) is 76.7 Å². The number of aromatic nitrogens is 3. The van der Waals surface area contributed by atoms with Crippen LogP contribution in [0, 0.1) is 13.8 Å². The number of amides is 1. The summed E-state index contributed by atoms with van der Waals surface area (Å²) in [5.74, 6) is 0.474. The zero-order valence-electron chi connectivity index (χ0n) is 20.3. The second-order valence-corrected chi connectivity index (χ2v) is 9.48. The Bertz CT molecular complexity index is 1630. The lowest BCUT2D eigenvalue weighted by atomic mass is 10.1. The number of anilines is 1. The average molecular weight is 499 g/mol. The molecular formula is C28H26N4O3S. The first-order chi connectivity index (χ1) is 17.4. The lowest BCUT2D eigenvalue weighted by Gasteiger charge is -2.14. The van der Waals surface area contributed by atoms with Gasteiger partial charge in [0, 0.05) is 10.9 Å². The molecule has 0 aliphatic rings. The molecule has 1 amide bonds. The molecule has 2 N–H and O–H groups in total. The Morgan fingerprint density at radius 1 is 1.06 bits per heavy atom. The standard InChI is InChI=1S/C28H26N4O3S/c1-4-35-23-12-8-7-11-22(23)29-24(33)16-36-28-31-25-20-9-5-6-10-21(20)30-26(25)27(34)32(28)19-14-17(2)13-18(3)15-19/h5-15,30H,4,16H2,1-3H3,(H,29,33). The van der Waals surface area contributed by atoms with Gasteiger partial charge in [0.2, 0.25) is 5.91 Å². The number of hydrogen-bond donors (Lipinski definition) is 2. The van der Waals surface area contributed by atoms with Gasteiger partial charge in [0.1, 0.15) is 16.8 Å². The second-order valence-electron chi connectivity index (χ2n) is 8.54. The number of rotatable bonds is 7. The number of carbonyl (C=O) groups is 1. The number of fused-ring (bicyclic) bond motifs is 3. The molecule has 5 rings (SSSR count). The number of benzene rings is 3. The van der Waals surface area contributed by atoms with Crippen LogP contribution in [0.4, 0.5) is 5.69 Å². The van der Waals surface area contributed by atoms with Gasteiger partial charge >= 0.3 is 0 Å². The molecule has 0 radical (unpaired) electrons. The molecule has 0 bridgehead atoms. The van der Waals surface area contributed by atoms with Gasteiger partial charge in [-0.1, -0.05) is 48.2 Å². The number of para-hydroxylation sites is 3. The SMILES string of the molecule is CCOc1ccccc1NC(=O)CSc1nc2c([nH]c3ccccc32)c(=O)n1-c1cc(C)cc(C)c1. The van der Waals surface area contributed by atoms with Crippen molar-refractivity contribution in [2.45, 2.75) is 25.9 Å². The van der Waals surface area contributed by atoms with Gasteiger partial charge in [0.25, 0.3) is 5.56 Å². The Kier molecular flexibility index (Phi) is 6.52. The van der Waals surface area contributed by atoms with Crippen molar-refractivity contribution in [1.82, 2.24) is 14.5 Å². The maximum Gasteiger partial charge on any atom is 0.283 e. The first-order valence-corrected chi connectivity index (χ1v) is 12.7. The van der Waals surface area contributed by atoms with Crippen molar-refractivity contribution in [2.24, 2.45) is 0 Å². The van der Waals surface area contributed by atoms with E-state index in [0.29, 0.717) is 34.2 Å². The van der Waals surface area contributed by atoms with Crippen LogP contribution in [0.5, 0.6) is 5.75 Å². The number of aryl methyl sites for hydroxylation is 2. The van der Waals surface area contributed by atoms with E-state index in [2.05, 4.69) is 16.4 Å². The molecule has 7 nitrogen and oxygen atoms in total. The number of carbonyl (C=O) groups excluding carboxylic acids is 1. The molecule has 0 aliphatic heterocycles. The van der Waals surface area contributed by atoms with Crippen molar-refractivity contribution in [2.75, 3.05) is 17.7 Å². The molecule has 0 saturated heterocycles. The van der Waals surface area contributed by atoms with E-state index in [1.54, 1.807) is 10.6 Å². The van der Waals surface area contributed by atoms with Gasteiger partial charge in [0.15, 0.2) is 5.16 Å². The van der Waals surface area contributed by atoms with Crippen LogP contribution in [0.3, 0.4) is 0 Å². The molecule has 0 aliphatic carbocycles. The first kappa shape index (κ1) is 23.7. The summed E-state index contributed by atoms with van der Waals surface area (Å²) in [4.78, 5) is 34.8. The number of ether oxygens (including phenoxy) is 1. The second kappa shape index (κ2) is 9.91. The normalized spacial score (nSPS) is 11.2. The monoisotopic (exact) mass is 498 g/mol. The summed E-state index contributed by atoms with van der Waals surface area (Å²) in [5.41, 5.74) is 5.08. The van der Waals surface area contributed by atoms with Crippen molar-refractivity contribution >= 4 is 45.3 Å². The number of aromatic amines is 1. The maximum atomic E-state index is 13.8. The van der Waals surface area contributed by atoms with E-state index in [4.69, 9.17) is 9.72 Å². The van der Waals surface area contributed by atoms with Crippen LogP contribution in [-0.2, 0) is 4.79 Å². The Hall–Kier alpha value is -4.04. The van der Waals surface area contributed by atoms with E-state index in [1.807, 2.05) is 75.4 Å². The Morgan fingerprint density at radius 3 is 2.56 bits per heavy atom. The predicted molar refractivity (Wildman–Crippen MR) is 146 cm³/mol. The summed E-state index contributed by atoms with van der Waals surface area (Å²) >= 11 is 1.23. The molecule has 2 heterocycles. The van der Waals surface area contributed by atoms with Gasteiger partial charge in [-0.15, -0.1) is 0 Å². The van der Waals surface area contributed by atoms with E-state index < -0.39 is 0 Å². The summed E-state index contributed by atoms with van der Waals surface area (Å²) in [6.45, 7) is 6.38. The fourth-order valence-corrected chi connectivity index (χ4v) is 5.12. The largest absolute Gasteiger partial charge is 0.492 e. The van der Waals surface area contributed by atoms with Gasteiger partial charge in [-0.3, -0.25) is 14.2 Å². The van der Waals surface area contributed by atoms with Gasteiger partial charge < -0.3 is 15.0 Å². The minimum atomic E-state index is -0.215. The van der Waals surface area contributed by atoms with E-state index in [9.17, 15) is 9.59 Å². The van der Waals surface area contributed by atoms with Crippen molar-refractivity contribution in [1.29, 1.82) is 0 Å². The van der Waals surface area contributed by atoms with E-state index in [0.717, 1.165) is 27.7 Å². The van der Waals surface area contributed by atoms with E-state index >= 15 is 0 Å². The number of nitrogens with zero attached hydrogens (tertiary/aromatic N) is 2. The van der Waals surface area contributed by atoms with E-state index in [-0.39, 0.29) is 17.2 Å². The zero-order chi connectivity index (χ0) is 25.2. The quantitative estimate of drug-likeness (QED) is 0.225. The molecule has 5 aromatic rings. The molecule has 0 unspecified atom stereocenters. The van der Waals surface area contributed by atoms with Crippen LogP contribution in [-0.4, -0.2) is 32.8 Å². The molecule has 0 fully saturated rings. The fraction of sp³-hybridized carbons (Fsp3) is 0.179. The number of H-pyrrole nitrogens is 1. The highest BCUT2D eigenvalue weighted by Gasteiger charge is 2.19. The van der Waals surface area contributed by atoms with Crippen LogP contribution in [0.25, 0.3) is 27.6 Å². The number of nitrogens with one attached hydrogen (secondary N) is 2. The van der Waals surface area contributed by atoms with Crippen LogP contribution >= 0.6 is 11.8 Å². The van der Waals surface area contributed by atoms with Gasteiger partial charge in [-0.05, 0) is 62.2 Å². The summed E-state index contributed by atoms with van der Waals surface area (Å²) < 4.78 is 7.20. The topological polar surface area (TPSA) is 89.0 Å². The lowest BCUT2D eigenvalue weighted by molar-refractivity contribution is -0.113. The smallest absolute Gasteiger partial charge is 0.283 e. The van der Waals surface area contributed by atoms with Gasteiger partial charge in [0.05, 0.1) is 23.7 Å². The highest BCUT2D eigenvalue weighted by molar-refractivity contribution is 7.99. The molecule has 2 aromatic heterocycles. The minimum Gasteiger partial charge on any atom is -0.492 e. The molecule has 0 atom stereocenters. The fourth-order valence-electron chi connectivity index (χ4n) is 4.31. The molecule has 3 aromatic carbocycles. The third-order valence-electron chi connectivity index (χ3n) is 5.75. The van der Waals surface area contributed by atoms with Crippen molar-refractivity contribution < 1.29 is 9.53 Å². The van der Waals surface area contributed by atoms with E-state index in [1.165, 1.54) is 11.8 Å². The summed E-state index contributed by atoms with van der Waals surface area (Å²) in [6.07, 6.45) is 0. The maximum absolute atomic E-state index is 13.8. The van der Waals surface area contributed by atoms with Crippen molar-refractivity contribution in [3.05, 3.63) is 88.2 Å². The van der Waals surface area contributed by atoms with Crippen LogP contribution in [0.2, 0.25) is 0 Å². The minimum absolute atomic E-state index is 0.0750. The van der Waals surface area contributed by atoms with Crippen LogP contribution < -0.4 is 15.6 Å². The number of hydrogen-bond acceptors (Lipinski definition) is 5. The predicted octanol–water partition coefficient (Wildman–Crippen LogP) is 5.61. The van der Waals surface area contributed by atoms with Gasteiger partial charge in [-0.2, -0.15) is 0 Å². The highest BCUT2D eigenvalue weighted by Crippen LogP contribution is 2.28. The molecule has 0 spiro atoms. The highest BCUT2D eigenvalue weighted by atomic mass is 32.2. The average Bonchev–Trinajstić information content (AvgIpc) is 3.23. The number of thioether (sulfide) groups is 1. The first-order valence-electron chi connectivity index (χ1n) is 11.7. The van der Waals surface area contributed by atoms with Crippen molar-refractivity contribution in [3.8, 4) is 11.4 Å². The molecule has 182 valence electrons. The van der Waals surface area contributed by atoms with Gasteiger partial charge in [-0.25, -0.2) is 4.98 Å². The third-order valence-corrected chi connectivity index (χ3v) is 6.69. The lowest BCUT2D eigenvalue weighted by Crippen LogP contribution is -2.23. The Morgan fingerprint density at radius 2 is 1.78 bits per heavy atom. The Balaban J connectivity index is 1.55. The molecule has 36 heavy (non-hydrogen) atoms. The molecule has 8 heteroatoms. The third kappa shape index (κ3) is 4.59. The summed E-state index contributed by atoms with van der Waals surface area (Å²) in [5, 5.41) is 4.24. The molecular weight excluding hydrogens is 472 g/mol. The van der Waals surface area contributed by atoms with Crippen molar-refractivity contribution in [3.63, 3.8) is 0 Å². The molecule has 0 saturated carbocycles. The summed E-state index contributed by atoms with van der Waals surface area (Å²) in [7, 11) is 0. The van der Waals surface area contributed by atoms with Crippen LogP contribution in [0.1, 0.15) is 18.1 Å².